The summed E-state index contributed by atoms with van der Waals surface area (Å²) in [5.41, 5.74) is 11.9. The second-order valence-electron chi connectivity index (χ2n) is 11.0. The molecule has 12 N–H and O–H groups in total. The van der Waals surface area contributed by atoms with Gasteiger partial charge in [-0.25, -0.2) is 4.79 Å². The highest BCUT2D eigenvalue weighted by molar-refractivity contribution is 7.19. The number of nitrogens with one attached hydrogen (secondary N) is 5. The Hall–Kier alpha value is -4.58. The van der Waals surface area contributed by atoms with E-state index in [-0.39, 0.29) is 25.3 Å². The summed E-state index contributed by atoms with van der Waals surface area (Å²) in [7, 11) is 0. The zero-order chi connectivity index (χ0) is 34.1. The molecule has 0 bridgehead atoms. The van der Waals surface area contributed by atoms with Crippen molar-refractivity contribution in [2.24, 2.45) is 11.5 Å². The third-order valence-electron chi connectivity index (χ3n) is 7.32. The number of aliphatic hydroxyl groups is 2. The number of carboxylic acids is 1. The van der Waals surface area contributed by atoms with Crippen LogP contribution in [0.4, 0.5) is 0 Å². The molecule has 16 nitrogen and oxygen atoms in total. The molecule has 3 rings (SSSR count). The second-order valence-corrected chi connectivity index (χ2v) is 12.2. The van der Waals surface area contributed by atoms with Crippen molar-refractivity contribution >= 4 is 57.0 Å². The van der Waals surface area contributed by atoms with Crippen LogP contribution in [0.3, 0.4) is 0 Å². The lowest BCUT2D eigenvalue weighted by atomic mass is 10.0. The van der Waals surface area contributed by atoms with E-state index >= 15 is 0 Å². The fraction of sp³-hybridized carbons (Fsp3) is 0.448. The maximum atomic E-state index is 13.3. The number of aliphatic hydroxyl groups excluding tert-OH is 2. The number of thiophene rings is 1. The molecule has 17 heteroatoms. The number of nitrogens with two attached hydrogens (primary N) is 2. The minimum atomic E-state index is -1.55. The number of carbonyl (C=O) groups is 5. The largest absolute Gasteiger partial charge is 0.480 e. The van der Waals surface area contributed by atoms with Gasteiger partial charge in [-0.15, -0.1) is 11.3 Å². The van der Waals surface area contributed by atoms with Gasteiger partial charge in [-0.2, -0.15) is 0 Å². The lowest BCUT2D eigenvalue weighted by Crippen LogP contribution is -2.59. The number of carboxylic acid groups (broad SMARTS) is 1. The molecule has 0 saturated carbocycles. The van der Waals surface area contributed by atoms with Crippen LogP contribution < -0.4 is 32.7 Å². The van der Waals surface area contributed by atoms with Crippen LogP contribution in [0.25, 0.3) is 10.1 Å². The number of hydrogen-bond acceptors (Lipinski definition) is 10. The summed E-state index contributed by atoms with van der Waals surface area (Å²) in [4.78, 5) is 65.8. The van der Waals surface area contributed by atoms with Gasteiger partial charge in [0.15, 0.2) is 5.96 Å². The van der Waals surface area contributed by atoms with Gasteiger partial charge < -0.3 is 53.0 Å². The molecule has 46 heavy (non-hydrogen) atoms. The number of guanidine groups is 1. The van der Waals surface area contributed by atoms with Crippen LogP contribution in [0, 0.1) is 5.41 Å². The Balaban J connectivity index is 1.63. The zero-order valence-electron chi connectivity index (χ0n) is 25.4. The van der Waals surface area contributed by atoms with Crippen LogP contribution in [0.2, 0.25) is 0 Å². The fourth-order valence-corrected chi connectivity index (χ4v) is 5.69. The quantitative estimate of drug-likeness (QED) is 0.0552. The normalized spacial score (nSPS) is 16.7. The Labute approximate surface area is 268 Å². The SMILES string of the molecule is CC(NC(=O)C(CO)NC(=O)C(CC1=CCN(C(=N)N)C1)NC(=O)C(N)C(C)O)C(=O)NC(Cc1cc2ccccc2s1)C(=O)O. The van der Waals surface area contributed by atoms with Gasteiger partial charge in [-0.3, -0.25) is 24.6 Å². The number of fused-ring (bicyclic) bond motifs is 1. The molecule has 2 aromatic rings. The van der Waals surface area contributed by atoms with Gasteiger partial charge in [0.25, 0.3) is 0 Å². The number of nitrogens with zero attached hydrogens (tertiary/aromatic N) is 1. The van der Waals surface area contributed by atoms with E-state index in [1.807, 2.05) is 30.3 Å². The molecule has 6 atom stereocenters. The molecule has 1 aromatic carbocycles. The summed E-state index contributed by atoms with van der Waals surface area (Å²) in [5.74, 6) is -4.90. The molecule has 0 fully saturated rings. The molecule has 250 valence electrons. The van der Waals surface area contributed by atoms with E-state index in [4.69, 9.17) is 16.9 Å². The third kappa shape index (κ3) is 9.71. The van der Waals surface area contributed by atoms with Crippen LogP contribution in [-0.4, -0.2) is 112 Å². The van der Waals surface area contributed by atoms with Crippen LogP contribution in [0.5, 0.6) is 0 Å². The highest BCUT2D eigenvalue weighted by atomic mass is 32.1. The molecule has 2 heterocycles. The number of amides is 4. The lowest BCUT2D eigenvalue weighted by molar-refractivity contribution is -0.142. The minimum Gasteiger partial charge on any atom is -0.480 e. The first-order valence-corrected chi connectivity index (χ1v) is 15.2. The Kier molecular flexibility index (Phi) is 12.6. The topological polar surface area (TPSA) is 273 Å². The standard InChI is InChI=1S/C29H40N8O8S/c1-14(24(40)35-20(28(44)45)11-18-10-17-5-3-4-6-22(17)46-18)33-26(42)21(13-38)36-25(41)19(34-27(43)23(30)15(2)39)9-16-7-8-37(12-16)29(31)32/h3-7,10,14-15,19-21,23,38-39H,8-9,11-13,30H2,1-2H3,(H3,31,32)(H,33,42)(H,34,43)(H,35,40)(H,36,41)(H,44,45). The van der Waals surface area contributed by atoms with Gasteiger partial charge in [0.1, 0.15) is 30.2 Å². The summed E-state index contributed by atoms with van der Waals surface area (Å²) < 4.78 is 0.969. The summed E-state index contributed by atoms with van der Waals surface area (Å²) in [5, 5.41) is 47.4. The summed E-state index contributed by atoms with van der Waals surface area (Å²) in [6.45, 7) is 2.28. The van der Waals surface area contributed by atoms with E-state index in [0.29, 0.717) is 12.1 Å². The molecular weight excluding hydrogens is 620 g/mol. The number of carbonyl (C=O) groups excluding carboxylic acids is 4. The van der Waals surface area contributed by atoms with Gasteiger partial charge >= 0.3 is 5.97 Å². The van der Waals surface area contributed by atoms with Crippen LogP contribution in [-0.2, 0) is 30.4 Å². The fourth-order valence-electron chi connectivity index (χ4n) is 4.58. The second kappa shape index (κ2) is 16.1. The van der Waals surface area contributed by atoms with Crippen molar-refractivity contribution in [1.82, 2.24) is 26.2 Å². The van der Waals surface area contributed by atoms with Crippen molar-refractivity contribution in [3.05, 3.63) is 46.9 Å². The summed E-state index contributed by atoms with van der Waals surface area (Å²) in [6.07, 6.45) is 0.465. The van der Waals surface area contributed by atoms with Gasteiger partial charge in [0, 0.05) is 29.1 Å². The maximum absolute atomic E-state index is 13.3. The summed E-state index contributed by atoms with van der Waals surface area (Å²) in [6, 6.07) is 2.65. The van der Waals surface area contributed by atoms with Crippen LogP contribution in [0.1, 0.15) is 25.1 Å². The Bertz CT molecular complexity index is 1460. The average molecular weight is 661 g/mol. The molecule has 6 unspecified atom stereocenters. The van der Waals surface area contributed by atoms with Crippen LogP contribution >= 0.6 is 11.3 Å². The van der Waals surface area contributed by atoms with E-state index in [1.165, 1.54) is 30.1 Å². The van der Waals surface area contributed by atoms with Crippen LogP contribution in [0.15, 0.2) is 42.0 Å². The van der Waals surface area contributed by atoms with E-state index in [0.717, 1.165) is 15.0 Å². The highest BCUT2D eigenvalue weighted by Gasteiger charge is 2.32. The molecular formula is C29H40N8O8S. The Morgan fingerprint density at radius 3 is 2.17 bits per heavy atom. The molecule has 1 aliphatic rings. The van der Waals surface area contributed by atoms with E-state index in [1.54, 1.807) is 6.08 Å². The number of rotatable bonds is 15. The molecule has 4 amide bonds. The molecule has 0 aliphatic carbocycles. The van der Waals surface area contributed by atoms with Gasteiger partial charge in [-0.05, 0) is 37.8 Å². The number of aliphatic carboxylic acids is 1. The van der Waals surface area contributed by atoms with Crippen molar-refractivity contribution in [2.75, 3.05) is 19.7 Å². The van der Waals surface area contributed by atoms with E-state index < -0.39 is 72.5 Å². The predicted molar refractivity (Wildman–Crippen MR) is 169 cm³/mol. The minimum absolute atomic E-state index is 0.0167. The molecule has 1 aliphatic heterocycles. The van der Waals surface area contributed by atoms with E-state index in [9.17, 15) is 39.3 Å². The predicted octanol–water partition coefficient (Wildman–Crippen LogP) is -2.29. The first-order chi connectivity index (χ1) is 21.7. The smallest absolute Gasteiger partial charge is 0.326 e. The third-order valence-corrected chi connectivity index (χ3v) is 8.46. The molecule has 0 saturated heterocycles. The van der Waals surface area contributed by atoms with E-state index in [2.05, 4.69) is 21.3 Å². The lowest BCUT2D eigenvalue weighted by Gasteiger charge is -2.25. The Morgan fingerprint density at radius 1 is 0.957 bits per heavy atom. The Morgan fingerprint density at radius 2 is 1.59 bits per heavy atom. The van der Waals surface area contributed by atoms with Crippen molar-refractivity contribution in [1.29, 1.82) is 5.41 Å². The van der Waals surface area contributed by atoms with Crippen molar-refractivity contribution in [2.45, 2.75) is 63.0 Å². The van der Waals surface area contributed by atoms with Crippen molar-refractivity contribution in [3.8, 4) is 0 Å². The number of hydrogen-bond donors (Lipinski definition) is 10. The number of benzene rings is 1. The maximum Gasteiger partial charge on any atom is 0.326 e. The van der Waals surface area contributed by atoms with Gasteiger partial charge in [0.2, 0.25) is 23.6 Å². The van der Waals surface area contributed by atoms with Gasteiger partial charge in [0.05, 0.1) is 12.7 Å². The van der Waals surface area contributed by atoms with Gasteiger partial charge in [-0.1, -0.05) is 29.8 Å². The molecule has 1 aromatic heterocycles. The average Bonchev–Trinajstić information content (AvgIpc) is 3.65. The first-order valence-electron chi connectivity index (χ1n) is 14.4. The zero-order valence-corrected chi connectivity index (χ0v) is 26.2. The van der Waals surface area contributed by atoms with Crippen molar-refractivity contribution < 1.29 is 39.3 Å². The van der Waals surface area contributed by atoms with Crippen molar-refractivity contribution in [3.63, 3.8) is 0 Å². The first kappa shape index (κ1) is 35.9. The molecule has 0 radical (unpaired) electrons. The molecule has 0 spiro atoms. The highest BCUT2D eigenvalue weighted by Crippen LogP contribution is 2.26. The monoisotopic (exact) mass is 660 g/mol. The summed E-state index contributed by atoms with van der Waals surface area (Å²) >= 11 is 1.40.